The molecular formula is C34H38N6O7. The second-order valence-electron chi connectivity index (χ2n) is 10.6. The fourth-order valence-corrected chi connectivity index (χ4v) is 5.00. The Labute approximate surface area is 272 Å². The average molecular weight is 643 g/mol. The number of rotatable bonds is 16. The van der Waals surface area contributed by atoms with Crippen molar-refractivity contribution in [3.05, 3.63) is 94.6 Å². The van der Waals surface area contributed by atoms with E-state index in [2.05, 4.69) is 31.2 Å². The van der Waals surface area contributed by atoms with E-state index >= 15 is 0 Å². The number of pyridine rings is 2. The van der Waals surface area contributed by atoms with Gasteiger partial charge < -0.3 is 41.0 Å². The lowest BCUT2D eigenvalue weighted by molar-refractivity contribution is -0.137. The Bertz CT molecular complexity index is 1760. The van der Waals surface area contributed by atoms with Gasteiger partial charge in [0.25, 0.3) is 5.91 Å². The molecule has 0 unspecified atom stereocenters. The first-order valence-electron chi connectivity index (χ1n) is 14.8. The van der Waals surface area contributed by atoms with Crippen LogP contribution in [0, 0.1) is 13.8 Å². The van der Waals surface area contributed by atoms with Gasteiger partial charge in [-0.05, 0) is 48.2 Å². The molecule has 0 aliphatic carbocycles. The maximum absolute atomic E-state index is 13.2. The van der Waals surface area contributed by atoms with Crippen molar-refractivity contribution in [2.75, 3.05) is 37.9 Å². The molecule has 6 N–H and O–H groups in total. The molecule has 0 saturated carbocycles. The number of aliphatic carboxylic acids is 2. The van der Waals surface area contributed by atoms with Crippen LogP contribution in [0.2, 0.25) is 0 Å². The molecular weight excluding hydrogens is 604 g/mol. The number of hydrogen-bond acceptors (Lipinski definition) is 10. The van der Waals surface area contributed by atoms with Crippen LogP contribution >= 0.6 is 0 Å². The quantitative estimate of drug-likeness (QED) is 0.103. The van der Waals surface area contributed by atoms with Gasteiger partial charge in [0.05, 0.1) is 39.5 Å². The van der Waals surface area contributed by atoms with Crippen LogP contribution in [0.4, 0.5) is 11.4 Å². The van der Waals surface area contributed by atoms with Crippen molar-refractivity contribution in [2.45, 2.75) is 33.5 Å². The molecule has 0 bridgehead atoms. The summed E-state index contributed by atoms with van der Waals surface area (Å²) in [7, 11) is 3.04. The molecule has 13 nitrogen and oxygen atoms in total. The Morgan fingerprint density at radius 1 is 0.723 bits per heavy atom. The summed E-state index contributed by atoms with van der Waals surface area (Å²) in [6, 6.07) is 15.0. The smallest absolute Gasteiger partial charge is 0.317 e. The first-order chi connectivity index (χ1) is 22.6. The first kappa shape index (κ1) is 34.3. The SMILES string of the molecule is COc1cc(CNc2cccc(-c3cccc(NC(=O)c4cc(OC)c(CNCC(=O)O)cn4)c3C)c2C)ncc1CNCC(=O)O. The zero-order valence-electron chi connectivity index (χ0n) is 26.6. The molecule has 13 heteroatoms. The summed E-state index contributed by atoms with van der Waals surface area (Å²) in [6.45, 7) is 4.58. The number of methoxy groups -OCH3 is 2. The predicted octanol–water partition coefficient (Wildman–Crippen LogP) is 3.99. The number of hydrogen-bond donors (Lipinski definition) is 6. The fraction of sp³-hybridized carbons (Fsp3) is 0.265. The number of aromatic nitrogens is 2. The summed E-state index contributed by atoms with van der Waals surface area (Å²) in [5, 5.41) is 29.8. The lowest BCUT2D eigenvalue weighted by atomic mass is 9.94. The summed E-state index contributed by atoms with van der Waals surface area (Å²) in [6.07, 6.45) is 3.17. The van der Waals surface area contributed by atoms with Crippen LogP contribution in [0.1, 0.15) is 38.4 Å². The van der Waals surface area contributed by atoms with Gasteiger partial charge in [0.2, 0.25) is 0 Å². The van der Waals surface area contributed by atoms with Crippen molar-refractivity contribution in [3.8, 4) is 22.6 Å². The molecule has 0 fully saturated rings. The molecule has 0 saturated heterocycles. The average Bonchev–Trinajstić information content (AvgIpc) is 3.05. The first-order valence-corrected chi connectivity index (χ1v) is 14.8. The Kier molecular flexibility index (Phi) is 11.8. The summed E-state index contributed by atoms with van der Waals surface area (Å²) < 4.78 is 10.9. The van der Waals surface area contributed by atoms with Crippen LogP contribution in [0.5, 0.6) is 11.5 Å². The third kappa shape index (κ3) is 9.02. The molecule has 246 valence electrons. The van der Waals surface area contributed by atoms with E-state index in [1.54, 1.807) is 13.3 Å². The monoisotopic (exact) mass is 642 g/mol. The number of carboxylic acids is 2. The van der Waals surface area contributed by atoms with Crippen molar-refractivity contribution in [1.29, 1.82) is 0 Å². The molecule has 0 atom stereocenters. The maximum atomic E-state index is 13.2. The molecule has 4 aromatic rings. The molecule has 0 aliphatic rings. The van der Waals surface area contributed by atoms with Gasteiger partial charge in [-0.25, -0.2) is 0 Å². The Balaban J connectivity index is 1.48. The summed E-state index contributed by atoms with van der Waals surface area (Å²) in [5.41, 5.74) is 7.68. The zero-order chi connectivity index (χ0) is 33.9. The van der Waals surface area contributed by atoms with Crippen molar-refractivity contribution in [2.24, 2.45) is 0 Å². The van der Waals surface area contributed by atoms with Crippen LogP contribution < -0.4 is 30.7 Å². The standard InChI is InChI=1S/C34H38N6O7/c1-20-25(7-5-9-27(20)39-17-24-11-30(46-3)22(15-37-24)13-35-18-32(41)42)26-8-6-10-28(21(26)2)40-34(45)29-12-31(47-4)23(16-38-29)14-36-19-33(43)44/h5-12,15-16,35-36,39H,13-14,17-19H2,1-4H3,(H,40,45)(H,41,42)(H,43,44). The van der Waals surface area contributed by atoms with Crippen molar-refractivity contribution in [1.82, 2.24) is 20.6 Å². The lowest BCUT2D eigenvalue weighted by Crippen LogP contribution is -2.22. The van der Waals surface area contributed by atoms with Gasteiger partial charge in [-0.1, -0.05) is 24.3 Å². The van der Waals surface area contributed by atoms with Crippen LogP contribution in [0.15, 0.2) is 60.9 Å². The Hall–Kier alpha value is -5.53. The lowest BCUT2D eigenvalue weighted by Gasteiger charge is -2.17. The number of amides is 1. The van der Waals surface area contributed by atoms with Gasteiger partial charge in [0.15, 0.2) is 0 Å². The van der Waals surface area contributed by atoms with Gasteiger partial charge in [-0.3, -0.25) is 24.4 Å². The van der Waals surface area contributed by atoms with E-state index in [-0.39, 0.29) is 25.3 Å². The van der Waals surface area contributed by atoms with E-state index in [0.717, 1.165) is 39.2 Å². The molecule has 2 aromatic carbocycles. The largest absolute Gasteiger partial charge is 0.496 e. The number of nitrogens with zero attached hydrogens (tertiary/aromatic N) is 2. The highest BCUT2D eigenvalue weighted by Crippen LogP contribution is 2.34. The van der Waals surface area contributed by atoms with E-state index in [9.17, 15) is 14.4 Å². The van der Waals surface area contributed by atoms with Crippen LogP contribution in [-0.2, 0) is 29.2 Å². The van der Waals surface area contributed by atoms with E-state index in [4.69, 9.17) is 19.7 Å². The summed E-state index contributed by atoms with van der Waals surface area (Å²) in [5.74, 6) is -1.28. The highest BCUT2D eigenvalue weighted by Gasteiger charge is 2.16. The van der Waals surface area contributed by atoms with E-state index in [0.29, 0.717) is 35.8 Å². The number of ether oxygens (including phenoxy) is 2. The third-order valence-electron chi connectivity index (χ3n) is 7.47. The molecule has 0 radical (unpaired) electrons. The number of carboxylic acid groups (broad SMARTS) is 2. The third-order valence-corrected chi connectivity index (χ3v) is 7.47. The van der Waals surface area contributed by atoms with Crippen LogP contribution in [-0.4, -0.2) is 65.3 Å². The van der Waals surface area contributed by atoms with Crippen LogP contribution in [0.25, 0.3) is 11.1 Å². The number of benzene rings is 2. The van der Waals surface area contributed by atoms with Gasteiger partial charge in [-0.2, -0.15) is 0 Å². The normalized spacial score (nSPS) is 10.7. The number of carbonyl (C=O) groups excluding carboxylic acids is 1. The van der Waals surface area contributed by atoms with E-state index in [1.807, 2.05) is 56.3 Å². The summed E-state index contributed by atoms with van der Waals surface area (Å²) in [4.78, 5) is 43.6. The molecule has 47 heavy (non-hydrogen) atoms. The second-order valence-corrected chi connectivity index (χ2v) is 10.6. The van der Waals surface area contributed by atoms with E-state index < -0.39 is 17.8 Å². The number of anilines is 2. The summed E-state index contributed by atoms with van der Waals surface area (Å²) >= 11 is 0. The minimum Gasteiger partial charge on any atom is -0.496 e. The van der Waals surface area contributed by atoms with Crippen LogP contribution in [0.3, 0.4) is 0 Å². The second kappa shape index (κ2) is 16.2. The molecule has 2 aromatic heterocycles. The van der Waals surface area contributed by atoms with Crippen molar-refractivity contribution in [3.63, 3.8) is 0 Å². The predicted molar refractivity (Wildman–Crippen MR) is 177 cm³/mol. The number of nitrogens with one attached hydrogen (secondary N) is 4. The molecule has 4 rings (SSSR count). The van der Waals surface area contributed by atoms with Gasteiger partial charge in [0, 0.05) is 60.1 Å². The van der Waals surface area contributed by atoms with E-state index in [1.165, 1.54) is 19.4 Å². The van der Waals surface area contributed by atoms with Crippen molar-refractivity contribution >= 4 is 29.2 Å². The number of carbonyl (C=O) groups is 3. The highest BCUT2D eigenvalue weighted by atomic mass is 16.5. The minimum atomic E-state index is -0.977. The van der Waals surface area contributed by atoms with Gasteiger partial charge in [-0.15, -0.1) is 0 Å². The van der Waals surface area contributed by atoms with Crippen molar-refractivity contribution < 1.29 is 34.1 Å². The zero-order valence-corrected chi connectivity index (χ0v) is 26.6. The Morgan fingerprint density at radius 2 is 1.26 bits per heavy atom. The fourth-order valence-electron chi connectivity index (χ4n) is 5.00. The Morgan fingerprint density at radius 3 is 1.83 bits per heavy atom. The maximum Gasteiger partial charge on any atom is 0.317 e. The van der Waals surface area contributed by atoms with Gasteiger partial charge >= 0.3 is 11.9 Å². The molecule has 2 heterocycles. The molecule has 0 spiro atoms. The van der Waals surface area contributed by atoms with Gasteiger partial charge in [0.1, 0.15) is 17.2 Å². The molecule has 0 aliphatic heterocycles. The highest BCUT2D eigenvalue weighted by molar-refractivity contribution is 6.04. The topological polar surface area (TPSA) is 184 Å². The minimum absolute atomic E-state index is 0.158. The molecule has 1 amide bonds.